The summed E-state index contributed by atoms with van der Waals surface area (Å²) in [6.45, 7) is 11.6. The van der Waals surface area contributed by atoms with Crippen molar-refractivity contribution in [3.63, 3.8) is 0 Å². The molecule has 2 aromatic rings. The van der Waals surface area contributed by atoms with Crippen LogP contribution in [-0.2, 0) is 5.41 Å². The van der Waals surface area contributed by atoms with Gasteiger partial charge in [0.05, 0.1) is 6.04 Å². The lowest BCUT2D eigenvalue weighted by molar-refractivity contribution is 0.553. The molecule has 5 heteroatoms. The van der Waals surface area contributed by atoms with Gasteiger partial charge in [-0.25, -0.2) is 4.98 Å². The summed E-state index contributed by atoms with van der Waals surface area (Å²) in [5, 5.41) is 0.980. The molecule has 4 nitrogen and oxygen atoms in total. The minimum Gasteiger partial charge on any atom is -0.340 e. The molecule has 2 heterocycles. The van der Waals surface area contributed by atoms with E-state index in [1.807, 2.05) is 12.3 Å². The van der Waals surface area contributed by atoms with Crippen LogP contribution in [0.1, 0.15) is 52.0 Å². The third-order valence-corrected chi connectivity index (χ3v) is 4.06. The lowest BCUT2D eigenvalue weighted by Crippen LogP contribution is -2.26. The molecule has 0 saturated carbocycles. The van der Waals surface area contributed by atoms with Gasteiger partial charge in [-0.05, 0) is 25.5 Å². The Kier molecular flexibility index (Phi) is 4.38. The fraction of sp³-hybridized carbons (Fsp3) is 0.533. The summed E-state index contributed by atoms with van der Waals surface area (Å²) >= 11 is 1.48. The van der Waals surface area contributed by atoms with E-state index in [1.54, 1.807) is 6.20 Å². The molecule has 0 N–H and O–H groups in total. The summed E-state index contributed by atoms with van der Waals surface area (Å²) < 4.78 is 4.51. The Hall–Kier alpha value is -1.49. The average molecular weight is 290 g/mol. The van der Waals surface area contributed by atoms with Gasteiger partial charge in [0.15, 0.2) is 0 Å². The predicted molar refractivity (Wildman–Crippen MR) is 84.3 cm³/mol. The van der Waals surface area contributed by atoms with Crippen molar-refractivity contribution in [3.8, 4) is 0 Å². The van der Waals surface area contributed by atoms with E-state index in [0.29, 0.717) is 0 Å². The Morgan fingerprint density at radius 1 is 1.35 bits per heavy atom. The maximum absolute atomic E-state index is 4.71. The number of rotatable bonds is 4. The van der Waals surface area contributed by atoms with Crippen molar-refractivity contribution in [1.82, 2.24) is 14.3 Å². The quantitative estimate of drug-likeness (QED) is 0.858. The average Bonchev–Trinajstić information content (AvgIpc) is 2.90. The van der Waals surface area contributed by atoms with Gasteiger partial charge in [0.1, 0.15) is 5.82 Å². The van der Waals surface area contributed by atoms with Crippen molar-refractivity contribution in [2.45, 2.75) is 46.1 Å². The van der Waals surface area contributed by atoms with E-state index in [4.69, 9.17) is 4.98 Å². The van der Waals surface area contributed by atoms with Crippen LogP contribution >= 0.6 is 11.5 Å². The molecule has 0 aliphatic carbocycles. The molecule has 2 aromatic heterocycles. The minimum absolute atomic E-state index is 0.00823. The Morgan fingerprint density at radius 3 is 2.60 bits per heavy atom. The zero-order valence-corrected chi connectivity index (χ0v) is 13.6. The van der Waals surface area contributed by atoms with Gasteiger partial charge < -0.3 is 4.90 Å². The standard InChI is InChI=1S/C15H22N4S/c1-6-19(11(2)12-8-7-9-16-10-12)14-17-13(18-20-14)15(3,4)5/h7-11H,6H2,1-5H3. The van der Waals surface area contributed by atoms with Crippen LogP contribution in [0, 0.1) is 0 Å². The predicted octanol–water partition coefficient (Wildman–Crippen LogP) is 3.82. The zero-order chi connectivity index (χ0) is 14.8. The van der Waals surface area contributed by atoms with E-state index in [0.717, 1.165) is 17.5 Å². The van der Waals surface area contributed by atoms with Gasteiger partial charge in [-0.2, -0.15) is 4.37 Å². The van der Waals surface area contributed by atoms with E-state index in [2.05, 4.69) is 54.9 Å². The molecule has 20 heavy (non-hydrogen) atoms. The molecule has 0 radical (unpaired) electrons. The molecule has 0 fully saturated rings. The summed E-state index contributed by atoms with van der Waals surface area (Å²) in [5.74, 6) is 0.911. The van der Waals surface area contributed by atoms with Crippen LogP contribution in [0.2, 0.25) is 0 Å². The third kappa shape index (κ3) is 3.15. The maximum atomic E-state index is 4.71. The van der Waals surface area contributed by atoms with Crippen LogP contribution < -0.4 is 4.90 Å². The van der Waals surface area contributed by atoms with Gasteiger partial charge in [0.25, 0.3) is 0 Å². The molecule has 1 atom stereocenters. The molecule has 0 amide bonds. The Labute approximate surface area is 125 Å². The maximum Gasteiger partial charge on any atom is 0.205 e. The lowest BCUT2D eigenvalue weighted by atomic mass is 9.96. The lowest BCUT2D eigenvalue weighted by Gasteiger charge is -2.27. The van der Waals surface area contributed by atoms with Gasteiger partial charge in [0, 0.05) is 35.9 Å². The van der Waals surface area contributed by atoms with Crippen LogP contribution in [0.5, 0.6) is 0 Å². The fourth-order valence-corrected chi connectivity index (χ4v) is 3.02. The van der Waals surface area contributed by atoms with Crippen molar-refractivity contribution in [1.29, 1.82) is 0 Å². The number of pyridine rings is 1. The van der Waals surface area contributed by atoms with Gasteiger partial charge in [-0.1, -0.05) is 26.8 Å². The number of aromatic nitrogens is 3. The van der Waals surface area contributed by atoms with E-state index >= 15 is 0 Å². The number of hydrogen-bond acceptors (Lipinski definition) is 5. The molecule has 1 unspecified atom stereocenters. The van der Waals surface area contributed by atoms with Gasteiger partial charge >= 0.3 is 0 Å². The molecule has 0 spiro atoms. The van der Waals surface area contributed by atoms with Crippen LogP contribution in [-0.4, -0.2) is 20.9 Å². The molecule has 0 bridgehead atoms. The summed E-state index contributed by atoms with van der Waals surface area (Å²) in [7, 11) is 0. The Bertz CT molecular complexity index is 545. The topological polar surface area (TPSA) is 41.9 Å². The number of hydrogen-bond donors (Lipinski definition) is 0. The smallest absolute Gasteiger partial charge is 0.205 e. The van der Waals surface area contributed by atoms with Crippen LogP contribution in [0.4, 0.5) is 5.13 Å². The van der Waals surface area contributed by atoms with Crippen molar-refractivity contribution < 1.29 is 0 Å². The van der Waals surface area contributed by atoms with Gasteiger partial charge in [0.2, 0.25) is 5.13 Å². The second-order valence-corrected chi connectivity index (χ2v) is 6.63. The SMILES string of the molecule is CCN(c1nc(C(C)(C)C)ns1)C(C)c1cccnc1. The first kappa shape index (κ1) is 14.9. The van der Waals surface area contributed by atoms with Gasteiger partial charge in [-0.15, -0.1) is 0 Å². The molecule has 2 rings (SSSR count). The van der Waals surface area contributed by atoms with Crippen LogP contribution in [0.25, 0.3) is 0 Å². The summed E-state index contributed by atoms with van der Waals surface area (Å²) in [5.41, 5.74) is 1.19. The molecule has 0 aliphatic heterocycles. The highest BCUT2D eigenvalue weighted by Gasteiger charge is 2.23. The second-order valence-electron chi connectivity index (χ2n) is 5.90. The molecule has 0 aliphatic rings. The van der Waals surface area contributed by atoms with E-state index in [-0.39, 0.29) is 11.5 Å². The zero-order valence-electron chi connectivity index (χ0n) is 12.8. The Morgan fingerprint density at radius 2 is 2.10 bits per heavy atom. The summed E-state index contributed by atoms with van der Waals surface area (Å²) in [6.07, 6.45) is 3.72. The number of anilines is 1. The normalized spacial score (nSPS) is 13.2. The summed E-state index contributed by atoms with van der Waals surface area (Å²) in [4.78, 5) is 11.2. The minimum atomic E-state index is -0.00823. The monoisotopic (exact) mass is 290 g/mol. The van der Waals surface area contributed by atoms with Crippen molar-refractivity contribution in [3.05, 3.63) is 35.9 Å². The van der Waals surface area contributed by atoms with Crippen LogP contribution in [0.15, 0.2) is 24.5 Å². The van der Waals surface area contributed by atoms with E-state index < -0.39 is 0 Å². The molecular formula is C15H22N4S. The van der Waals surface area contributed by atoms with Crippen molar-refractivity contribution in [2.24, 2.45) is 0 Å². The third-order valence-electron chi connectivity index (χ3n) is 3.31. The fourth-order valence-electron chi connectivity index (χ4n) is 2.01. The largest absolute Gasteiger partial charge is 0.340 e. The van der Waals surface area contributed by atoms with Gasteiger partial charge in [-0.3, -0.25) is 4.98 Å². The first-order valence-electron chi connectivity index (χ1n) is 6.94. The number of nitrogens with zero attached hydrogens (tertiary/aromatic N) is 4. The molecular weight excluding hydrogens is 268 g/mol. The second kappa shape index (κ2) is 5.87. The first-order chi connectivity index (χ1) is 9.43. The van der Waals surface area contributed by atoms with Crippen molar-refractivity contribution in [2.75, 3.05) is 11.4 Å². The summed E-state index contributed by atoms with van der Waals surface area (Å²) in [6, 6.07) is 4.32. The molecule has 0 aromatic carbocycles. The molecule has 0 saturated heterocycles. The first-order valence-corrected chi connectivity index (χ1v) is 7.71. The van der Waals surface area contributed by atoms with Crippen molar-refractivity contribution >= 4 is 16.7 Å². The Balaban J connectivity index is 2.26. The van der Waals surface area contributed by atoms with E-state index in [1.165, 1.54) is 17.1 Å². The highest BCUT2D eigenvalue weighted by Crippen LogP contribution is 2.30. The molecule has 108 valence electrons. The van der Waals surface area contributed by atoms with Crippen LogP contribution in [0.3, 0.4) is 0 Å². The van der Waals surface area contributed by atoms with E-state index in [9.17, 15) is 0 Å². The highest BCUT2D eigenvalue weighted by atomic mass is 32.1. The highest BCUT2D eigenvalue weighted by molar-refractivity contribution is 7.09.